The molecule has 2 aliphatic rings. The second-order valence-corrected chi connectivity index (χ2v) is 11.7. The number of methoxy groups -OCH3 is 2. The Morgan fingerprint density at radius 3 is 2.35 bits per heavy atom. The number of carbonyl (C=O) groups excluding carboxylic acids is 1. The Hall–Kier alpha value is -2.33. The van der Waals surface area contributed by atoms with Gasteiger partial charge in [0.05, 0.1) is 15.9 Å². The molecule has 0 radical (unpaired) electrons. The van der Waals surface area contributed by atoms with Crippen molar-refractivity contribution in [3.05, 3.63) is 71.0 Å². The maximum Gasteiger partial charge on any atom is 0.228 e. The van der Waals surface area contributed by atoms with Gasteiger partial charge in [-0.05, 0) is 36.1 Å². The molecule has 1 amide bonds. The van der Waals surface area contributed by atoms with E-state index < -0.39 is 43.3 Å². The van der Waals surface area contributed by atoms with Gasteiger partial charge in [-0.3, -0.25) is 4.79 Å². The molecule has 2 aromatic rings. The maximum atomic E-state index is 15.3. The lowest BCUT2D eigenvalue weighted by molar-refractivity contribution is -0.274. The Balaban J connectivity index is 1.61. The van der Waals surface area contributed by atoms with E-state index in [1.54, 1.807) is 31.2 Å². The van der Waals surface area contributed by atoms with Crippen LogP contribution in [-0.2, 0) is 35.9 Å². The van der Waals surface area contributed by atoms with Crippen LogP contribution in [0.25, 0.3) is 0 Å². The largest absolute Gasteiger partial charge is 0.369 e. The third kappa shape index (κ3) is 4.04. The van der Waals surface area contributed by atoms with E-state index in [-0.39, 0.29) is 30.9 Å². The van der Waals surface area contributed by atoms with Crippen molar-refractivity contribution in [1.29, 1.82) is 0 Å². The van der Waals surface area contributed by atoms with Gasteiger partial charge in [-0.2, -0.15) is 0 Å². The van der Waals surface area contributed by atoms with Crippen molar-refractivity contribution in [2.45, 2.75) is 53.9 Å². The number of nitrogens with one attached hydrogen (secondary N) is 1. The van der Waals surface area contributed by atoms with E-state index in [1.807, 2.05) is 18.2 Å². The second kappa shape index (κ2) is 9.03. The molecular formula is C25H31FN2O5S. The molecule has 0 spiro atoms. The molecule has 1 saturated carbocycles. The molecule has 184 valence electrons. The van der Waals surface area contributed by atoms with Crippen molar-refractivity contribution < 1.29 is 27.1 Å². The highest BCUT2D eigenvalue weighted by atomic mass is 32.2. The van der Waals surface area contributed by atoms with Gasteiger partial charge in [0.2, 0.25) is 5.91 Å². The lowest BCUT2D eigenvalue weighted by Gasteiger charge is -2.52. The minimum Gasteiger partial charge on any atom is -0.369 e. The number of benzene rings is 2. The third-order valence-electron chi connectivity index (χ3n) is 7.56. The first kappa shape index (κ1) is 24.8. The molecule has 9 heteroatoms. The van der Waals surface area contributed by atoms with E-state index in [2.05, 4.69) is 5.32 Å². The van der Waals surface area contributed by atoms with Crippen LogP contribution < -0.4 is 11.1 Å². The van der Waals surface area contributed by atoms with E-state index in [1.165, 1.54) is 20.3 Å². The minimum atomic E-state index is -3.59. The fourth-order valence-corrected chi connectivity index (χ4v) is 7.66. The number of halogens is 1. The molecule has 1 saturated heterocycles. The summed E-state index contributed by atoms with van der Waals surface area (Å²) in [6, 6.07) is 13.2. The summed E-state index contributed by atoms with van der Waals surface area (Å²) >= 11 is 0. The normalized spacial score (nSPS) is 27.0. The van der Waals surface area contributed by atoms with Crippen molar-refractivity contribution in [1.82, 2.24) is 5.32 Å². The van der Waals surface area contributed by atoms with Crippen molar-refractivity contribution >= 4 is 15.7 Å². The van der Waals surface area contributed by atoms with Gasteiger partial charge in [-0.25, -0.2) is 12.8 Å². The average Bonchev–Trinajstić information content (AvgIpc) is 2.78. The van der Waals surface area contributed by atoms with Crippen LogP contribution in [0.3, 0.4) is 0 Å². The van der Waals surface area contributed by atoms with Crippen molar-refractivity contribution in [2.24, 2.45) is 5.73 Å². The highest BCUT2D eigenvalue weighted by Crippen LogP contribution is 2.52. The predicted octanol–water partition coefficient (Wildman–Crippen LogP) is 2.39. The van der Waals surface area contributed by atoms with Crippen molar-refractivity contribution in [2.75, 3.05) is 20.8 Å². The Morgan fingerprint density at radius 1 is 1.15 bits per heavy atom. The second-order valence-electron chi connectivity index (χ2n) is 9.35. The summed E-state index contributed by atoms with van der Waals surface area (Å²) in [7, 11) is -0.612. The van der Waals surface area contributed by atoms with Crippen LogP contribution in [0.2, 0.25) is 0 Å². The number of hydrogen-bond acceptors (Lipinski definition) is 6. The monoisotopic (exact) mass is 490 g/mol. The topological polar surface area (TPSA) is 108 Å². The van der Waals surface area contributed by atoms with E-state index in [4.69, 9.17) is 15.2 Å². The van der Waals surface area contributed by atoms with Gasteiger partial charge < -0.3 is 20.5 Å². The van der Waals surface area contributed by atoms with Gasteiger partial charge in [0.1, 0.15) is 5.82 Å². The van der Waals surface area contributed by atoms with Crippen LogP contribution in [-0.4, -0.2) is 52.2 Å². The Bertz CT molecular complexity index is 1160. The van der Waals surface area contributed by atoms with Crippen LogP contribution in [0.5, 0.6) is 0 Å². The van der Waals surface area contributed by atoms with E-state index in [0.717, 1.165) is 5.56 Å². The quantitative estimate of drug-likeness (QED) is 0.577. The van der Waals surface area contributed by atoms with Gasteiger partial charge in [0.25, 0.3) is 0 Å². The van der Waals surface area contributed by atoms with Gasteiger partial charge in [-0.15, -0.1) is 0 Å². The Labute approximate surface area is 199 Å². The van der Waals surface area contributed by atoms with E-state index in [9.17, 15) is 13.2 Å². The zero-order chi connectivity index (χ0) is 24.7. The summed E-state index contributed by atoms with van der Waals surface area (Å²) in [6.07, 6.45) is 0.380. The number of ether oxygens (including phenoxy) is 2. The maximum absolute atomic E-state index is 15.3. The zero-order valence-electron chi connectivity index (χ0n) is 19.6. The minimum absolute atomic E-state index is 0.0234. The van der Waals surface area contributed by atoms with E-state index in [0.29, 0.717) is 12.1 Å². The fourth-order valence-electron chi connectivity index (χ4n) is 5.29. The van der Waals surface area contributed by atoms with Crippen LogP contribution in [0.15, 0.2) is 48.5 Å². The first-order valence-electron chi connectivity index (χ1n) is 11.3. The molecule has 7 nitrogen and oxygen atoms in total. The number of primary amides is 1. The highest BCUT2D eigenvalue weighted by molar-refractivity contribution is 7.92. The molecule has 34 heavy (non-hydrogen) atoms. The van der Waals surface area contributed by atoms with Crippen molar-refractivity contribution in [3.63, 3.8) is 0 Å². The molecule has 2 aromatic carbocycles. The fraction of sp³-hybridized carbons (Fsp3) is 0.480. The summed E-state index contributed by atoms with van der Waals surface area (Å²) in [5, 5.41) is 1.79. The summed E-state index contributed by atoms with van der Waals surface area (Å²) < 4.78 is 53.1. The summed E-state index contributed by atoms with van der Waals surface area (Å²) in [5.74, 6) is -2.08. The van der Waals surface area contributed by atoms with Gasteiger partial charge in [0, 0.05) is 39.6 Å². The number of amides is 1. The highest BCUT2D eigenvalue weighted by Gasteiger charge is 2.60. The molecule has 1 aliphatic heterocycles. The Morgan fingerprint density at radius 2 is 1.79 bits per heavy atom. The lowest BCUT2D eigenvalue weighted by Crippen LogP contribution is -2.62. The lowest BCUT2D eigenvalue weighted by atomic mass is 9.60. The Kier molecular flexibility index (Phi) is 6.58. The average molecular weight is 491 g/mol. The molecule has 1 aliphatic carbocycles. The molecule has 3 atom stereocenters. The molecule has 4 rings (SSSR count). The van der Waals surface area contributed by atoms with Gasteiger partial charge >= 0.3 is 0 Å². The van der Waals surface area contributed by atoms with Crippen LogP contribution in [0.4, 0.5) is 4.39 Å². The molecular weight excluding hydrogens is 459 g/mol. The van der Waals surface area contributed by atoms with Gasteiger partial charge in [0.15, 0.2) is 15.6 Å². The van der Waals surface area contributed by atoms with Crippen LogP contribution in [0.1, 0.15) is 41.7 Å². The van der Waals surface area contributed by atoms with Crippen molar-refractivity contribution in [3.8, 4) is 0 Å². The molecule has 1 heterocycles. The molecule has 3 N–H and O–H groups in total. The van der Waals surface area contributed by atoms with Crippen LogP contribution in [0, 0.1) is 5.82 Å². The first-order valence-corrected chi connectivity index (χ1v) is 12.9. The number of rotatable bonds is 7. The SMILES string of the molecule is COC1(OC)CC(C(N)=O)(c2ccc(CC3[C@H](C)NC[C@@H](c4ccccc4)S3(=O)=O)c(F)c2)C1. The summed E-state index contributed by atoms with van der Waals surface area (Å²) in [4.78, 5) is 12.3. The zero-order valence-corrected chi connectivity index (χ0v) is 20.4. The third-order valence-corrected chi connectivity index (χ3v) is 10.2. The summed E-state index contributed by atoms with van der Waals surface area (Å²) in [6.45, 7) is 2.12. The number of nitrogens with two attached hydrogens (primary N) is 1. The van der Waals surface area contributed by atoms with E-state index >= 15 is 4.39 Å². The summed E-state index contributed by atoms with van der Waals surface area (Å²) in [5.41, 5.74) is 6.03. The molecule has 0 aromatic heterocycles. The number of sulfone groups is 1. The molecule has 0 bridgehead atoms. The predicted molar refractivity (Wildman–Crippen MR) is 126 cm³/mol. The molecule has 1 unspecified atom stereocenters. The van der Waals surface area contributed by atoms with Crippen LogP contribution >= 0.6 is 0 Å². The molecule has 2 fully saturated rings. The number of carbonyl (C=O) groups is 1. The van der Waals surface area contributed by atoms with Gasteiger partial charge in [-0.1, -0.05) is 42.5 Å². The first-order chi connectivity index (χ1) is 16.1. The number of hydrogen-bond donors (Lipinski definition) is 2. The smallest absolute Gasteiger partial charge is 0.228 e. The standard InChI is InChI=1S/C25H31FN2O5S/c1-16-21(34(30,31)22(13-28-16)17-7-5-4-6-8-17)11-18-9-10-19(12-20(18)26)24(23(27)29)14-25(15-24,32-2)33-3/h4-10,12,16,21-22,28H,11,13-15H2,1-3H3,(H2,27,29)/t16-,21?,22-/m0/s1.